The number of carbonyl (C=O) groups excluding carboxylic acids is 1. The SMILES string of the molecule is CC1=C(Br)C(=O)C(C(C)C)=C/C1=C(\c1ccccc1S(=O)(=O)O)c1cc(C(C)C)c(O)c(Br)c1C. The lowest BCUT2D eigenvalue weighted by Crippen LogP contribution is -2.16. The Balaban J connectivity index is 2.64. The van der Waals surface area contributed by atoms with Gasteiger partial charge in [-0.05, 0) is 109 Å². The Hall–Kier alpha value is -2.00. The second kappa shape index (κ2) is 10.2. The molecule has 0 spiro atoms. The van der Waals surface area contributed by atoms with E-state index in [4.69, 9.17) is 0 Å². The molecule has 2 N–H and O–H groups in total. The summed E-state index contributed by atoms with van der Waals surface area (Å²) >= 11 is 6.97. The van der Waals surface area contributed by atoms with Crippen LogP contribution in [0.15, 0.2) is 67.0 Å². The van der Waals surface area contributed by atoms with Crippen molar-refractivity contribution < 1.29 is 22.9 Å². The molecule has 8 heteroatoms. The molecule has 0 heterocycles. The van der Waals surface area contributed by atoms with Crippen LogP contribution in [0.5, 0.6) is 5.75 Å². The normalized spacial score (nSPS) is 16.3. The van der Waals surface area contributed by atoms with Crippen molar-refractivity contribution in [2.24, 2.45) is 5.92 Å². The predicted molar refractivity (Wildman–Crippen MR) is 146 cm³/mol. The fourth-order valence-electron chi connectivity index (χ4n) is 4.22. The second-order valence-electron chi connectivity index (χ2n) is 9.24. The Morgan fingerprint density at radius 2 is 1.57 bits per heavy atom. The molecule has 0 aromatic heterocycles. The third kappa shape index (κ3) is 5.12. The van der Waals surface area contributed by atoms with E-state index >= 15 is 0 Å². The van der Waals surface area contributed by atoms with Crippen molar-refractivity contribution >= 4 is 53.3 Å². The van der Waals surface area contributed by atoms with Crippen LogP contribution in [-0.2, 0) is 14.9 Å². The van der Waals surface area contributed by atoms with Gasteiger partial charge >= 0.3 is 0 Å². The molecular weight excluding hydrogens is 596 g/mol. The largest absolute Gasteiger partial charge is 0.506 e. The van der Waals surface area contributed by atoms with Crippen LogP contribution < -0.4 is 0 Å². The van der Waals surface area contributed by atoms with Gasteiger partial charge in [0.2, 0.25) is 0 Å². The number of Topliss-reactive ketones (excluding diaryl/α,β-unsaturated/α-hetero) is 1. The summed E-state index contributed by atoms with van der Waals surface area (Å²) in [5.41, 5.74) is 4.78. The maximum atomic E-state index is 13.0. The number of phenols is 1. The van der Waals surface area contributed by atoms with E-state index in [1.165, 1.54) is 6.07 Å². The van der Waals surface area contributed by atoms with Crippen LogP contribution in [0.2, 0.25) is 0 Å². The molecule has 5 nitrogen and oxygen atoms in total. The highest BCUT2D eigenvalue weighted by Gasteiger charge is 2.30. The zero-order valence-corrected chi connectivity index (χ0v) is 24.4. The van der Waals surface area contributed by atoms with E-state index in [9.17, 15) is 22.9 Å². The summed E-state index contributed by atoms with van der Waals surface area (Å²) in [7, 11) is -4.57. The Bertz CT molecular complexity index is 1430. The van der Waals surface area contributed by atoms with Gasteiger partial charge < -0.3 is 5.11 Å². The Kier molecular flexibility index (Phi) is 8.01. The van der Waals surface area contributed by atoms with E-state index in [0.29, 0.717) is 53.5 Å². The van der Waals surface area contributed by atoms with Gasteiger partial charge in [-0.3, -0.25) is 9.35 Å². The van der Waals surface area contributed by atoms with E-state index in [-0.39, 0.29) is 28.3 Å². The first-order valence-corrected chi connectivity index (χ1v) is 14.2. The quantitative estimate of drug-likeness (QED) is 0.337. The minimum absolute atomic E-state index is 0.0215. The van der Waals surface area contributed by atoms with Crippen LogP contribution in [0.1, 0.15) is 62.8 Å². The van der Waals surface area contributed by atoms with E-state index in [1.54, 1.807) is 31.2 Å². The average Bonchev–Trinajstić information content (AvgIpc) is 2.78. The highest BCUT2D eigenvalue weighted by Crippen LogP contribution is 2.45. The molecule has 0 radical (unpaired) electrons. The van der Waals surface area contributed by atoms with Crippen molar-refractivity contribution in [3.63, 3.8) is 0 Å². The molecule has 2 aromatic rings. The number of phenolic OH excluding ortho intramolecular Hbond substituents is 1. The van der Waals surface area contributed by atoms with E-state index in [2.05, 4.69) is 31.9 Å². The van der Waals surface area contributed by atoms with Crippen molar-refractivity contribution in [3.8, 4) is 5.75 Å². The van der Waals surface area contributed by atoms with Gasteiger partial charge in [-0.2, -0.15) is 8.42 Å². The molecule has 2 aromatic carbocycles. The molecule has 0 aliphatic heterocycles. The Labute approximate surface area is 223 Å². The van der Waals surface area contributed by atoms with Crippen LogP contribution in [0.4, 0.5) is 0 Å². The molecule has 0 fully saturated rings. The fraction of sp³-hybridized carbons (Fsp3) is 0.296. The molecule has 0 bridgehead atoms. The molecule has 186 valence electrons. The molecular formula is C27H28Br2O5S. The molecule has 1 aliphatic rings. The van der Waals surface area contributed by atoms with Gasteiger partial charge in [0.25, 0.3) is 10.1 Å². The lowest BCUT2D eigenvalue weighted by atomic mass is 9.81. The summed E-state index contributed by atoms with van der Waals surface area (Å²) in [5, 5.41) is 10.8. The van der Waals surface area contributed by atoms with Crippen molar-refractivity contribution in [3.05, 3.63) is 84.3 Å². The third-order valence-electron chi connectivity index (χ3n) is 6.23. The van der Waals surface area contributed by atoms with Crippen LogP contribution in [0.3, 0.4) is 0 Å². The van der Waals surface area contributed by atoms with Crippen molar-refractivity contribution in [1.82, 2.24) is 0 Å². The zero-order valence-electron chi connectivity index (χ0n) is 20.4. The van der Waals surface area contributed by atoms with Gasteiger partial charge in [-0.15, -0.1) is 0 Å². The summed E-state index contributed by atoms with van der Waals surface area (Å²) in [6.07, 6.45) is 1.80. The summed E-state index contributed by atoms with van der Waals surface area (Å²) < 4.78 is 35.8. The summed E-state index contributed by atoms with van der Waals surface area (Å²) in [6.45, 7) is 11.4. The number of hydrogen-bond acceptors (Lipinski definition) is 4. The van der Waals surface area contributed by atoms with Crippen LogP contribution in [0.25, 0.3) is 5.57 Å². The first-order valence-electron chi connectivity index (χ1n) is 11.1. The van der Waals surface area contributed by atoms with Crippen LogP contribution in [-0.4, -0.2) is 23.9 Å². The topological polar surface area (TPSA) is 91.7 Å². The molecule has 0 amide bonds. The summed E-state index contributed by atoms with van der Waals surface area (Å²) in [6, 6.07) is 8.10. The number of allylic oxidation sites excluding steroid dienone is 5. The van der Waals surface area contributed by atoms with Crippen molar-refractivity contribution in [1.29, 1.82) is 0 Å². The minimum Gasteiger partial charge on any atom is -0.506 e. The monoisotopic (exact) mass is 622 g/mol. The smallest absolute Gasteiger partial charge is 0.295 e. The Morgan fingerprint density at radius 1 is 0.971 bits per heavy atom. The lowest BCUT2D eigenvalue weighted by molar-refractivity contribution is -0.112. The van der Waals surface area contributed by atoms with Gasteiger partial charge in [0.15, 0.2) is 5.78 Å². The maximum absolute atomic E-state index is 13.0. The summed E-state index contributed by atoms with van der Waals surface area (Å²) in [5.74, 6) is -0.0867. The average molecular weight is 624 g/mol. The number of benzene rings is 2. The third-order valence-corrected chi connectivity index (χ3v) is 9.06. The van der Waals surface area contributed by atoms with Crippen LogP contribution >= 0.6 is 31.9 Å². The van der Waals surface area contributed by atoms with Gasteiger partial charge in [0.1, 0.15) is 10.6 Å². The highest BCUT2D eigenvalue weighted by molar-refractivity contribution is 9.12. The number of aromatic hydroxyl groups is 1. The van der Waals surface area contributed by atoms with E-state index in [0.717, 1.165) is 0 Å². The minimum atomic E-state index is -4.57. The first-order chi connectivity index (χ1) is 16.2. The molecule has 0 saturated heterocycles. The summed E-state index contributed by atoms with van der Waals surface area (Å²) in [4.78, 5) is 12.7. The van der Waals surface area contributed by atoms with Crippen molar-refractivity contribution in [2.75, 3.05) is 0 Å². The van der Waals surface area contributed by atoms with Gasteiger partial charge in [0.05, 0.1) is 8.96 Å². The fourth-order valence-corrected chi connectivity index (χ4v) is 5.80. The molecule has 0 saturated carbocycles. The van der Waals surface area contributed by atoms with Gasteiger partial charge in [-0.1, -0.05) is 45.9 Å². The highest BCUT2D eigenvalue weighted by atomic mass is 79.9. The molecule has 0 atom stereocenters. The first kappa shape index (κ1) is 27.6. The number of rotatable bonds is 5. The molecule has 35 heavy (non-hydrogen) atoms. The Morgan fingerprint density at radius 3 is 2.11 bits per heavy atom. The predicted octanol–water partition coefficient (Wildman–Crippen LogP) is 7.47. The second-order valence-corrected chi connectivity index (χ2v) is 12.2. The lowest BCUT2D eigenvalue weighted by Gasteiger charge is -2.25. The molecule has 1 aliphatic carbocycles. The van der Waals surface area contributed by atoms with E-state index < -0.39 is 10.1 Å². The number of halogens is 2. The number of hydrogen-bond donors (Lipinski definition) is 2. The number of ketones is 1. The number of carbonyl (C=O) groups is 1. The maximum Gasteiger partial charge on any atom is 0.295 e. The van der Waals surface area contributed by atoms with Gasteiger partial charge in [0, 0.05) is 11.1 Å². The molecule has 0 unspecified atom stereocenters. The van der Waals surface area contributed by atoms with Crippen LogP contribution in [0, 0.1) is 12.8 Å². The van der Waals surface area contributed by atoms with Gasteiger partial charge in [-0.25, -0.2) is 0 Å². The standard InChI is InChI=1S/C27H28Br2O5S/c1-13(2)18-11-20(15(5)24(28)26(18)30)23(17-9-7-8-10-22(17)35(32,33)34)21-12-19(14(3)4)27(31)25(29)16(21)6/h7-14,30H,1-6H3,(H,32,33,34)/b23-21-. The van der Waals surface area contributed by atoms with Crippen molar-refractivity contribution in [2.45, 2.75) is 52.4 Å². The van der Waals surface area contributed by atoms with E-state index in [1.807, 2.05) is 40.7 Å². The zero-order chi connectivity index (χ0) is 26.4. The molecule has 3 rings (SSSR count).